The number of carbonyl (C=O) groups excluding carboxylic acids is 3. The number of anilines is 1. The molecule has 2 N–H and O–H groups in total. The molecule has 1 saturated heterocycles. The lowest BCUT2D eigenvalue weighted by atomic mass is 10.1. The quantitative estimate of drug-likeness (QED) is 0.388. The molecular weight excluding hydrogens is 398 g/mol. The molecule has 0 radical (unpaired) electrons. The first-order valence-corrected chi connectivity index (χ1v) is 9.54. The Hall–Kier alpha value is -4.07. The maximum absolute atomic E-state index is 12.3. The molecule has 1 heterocycles. The highest BCUT2D eigenvalue weighted by molar-refractivity contribution is 6.14. The molecule has 31 heavy (non-hydrogen) atoms. The lowest BCUT2D eigenvalue weighted by Crippen LogP contribution is -2.30. The van der Waals surface area contributed by atoms with Crippen molar-refractivity contribution in [1.29, 1.82) is 0 Å². The molecule has 0 aromatic heterocycles. The second-order valence-electron chi connectivity index (χ2n) is 6.81. The summed E-state index contributed by atoms with van der Waals surface area (Å²) in [6.07, 6.45) is 3.02. The van der Waals surface area contributed by atoms with E-state index in [2.05, 4.69) is 17.2 Å². The van der Waals surface area contributed by atoms with Crippen LogP contribution in [0.1, 0.15) is 11.1 Å². The van der Waals surface area contributed by atoms with Gasteiger partial charge in [-0.25, -0.2) is 4.79 Å². The van der Waals surface area contributed by atoms with Gasteiger partial charge in [0.2, 0.25) is 0 Å². The van der Waals surface area contributed by atoms with Gasteiger partial charge in [0, 0.05) is 12.2 Å². The van der Waals surface area contributed by atoms with Crippen LogP contribution in [0.5, 0.6) is 11.5 Å². The molecular formula is C23H23N3O5. The Morgan fingerprint density at radius 2 is 1.90 bits per heavy atom. The van der Waals surface area contributed by atoms with E-state index >= 15 is 0 Å². The average Bonchev–Trinajstić information content (AvgIpc) is 3.02. The van der Waals surface area contributed by atoms with Crippen molar-refractivity contribution in [3.05, 3.63) is 71.9 Å². The van der Waals surface area contributed by atoms with Gasteiger partial charge in [0.1, 0.15) is 5.70 Å². The molecule has 2 aromatic rings. The monoisotopic (exact) mass is 421 g/mol. The number of urea groups is 1. The van der Waals surface area contributed by atoms with Crippen LogP contribution in [0, 0.1) is 6.92 Å². The summed E-state index contributed by atoms with van der Waals surface area (Å²) in [5.41, 5.74) is 2.56. The third kappa shape index (κ3) is 5.30. The standard InChI is InChI=1S/C23H23N3O5/c1-4-11-26-22(28)18(25-23(26)29)12-16-7-10-19(20(13-16)30-3)31-14-21(27)24-17-8-5-15(2)6-9-17/h4-10,12-13H,1,11,14H2,2-3H3,(H,24,27)(H,25,29)/b18-12+. The van der Waals surface area contributed by atoms with E-state index in [0.717, 1.165) is 10.5 Å². The minimum Gasteiger partial charge on any atom is -0.493 e. The first-order valence-electron chi connectivity index (χ1n) is 9.54. The molecule has 1 aliphatic rings. The van der Waals surface area contributed by atoms with Crippen molar-refractivity contribution in [3.8, 4) is 11.5 Å². The number of ether oxygens (including phenoxy) is 2. The molecule has 3 rings (SSSR count). The predicted octanol–water partition coefficient (Wildman–Crippen LogP) is 3.10. The van der Waals surface area contributed by atoms with Crippen molar-refractivity contribution in [2.75, 3.05) is 25.6 Å². The summed E-state index contributed by atoms with van der Waals surface area (Å²) in [6, 6.07) is 11.9. The van der Waals surface area contributed by atoms with Gasteiger partial charge in [-0.1, -0.05) is 29.8 Å². The number of benzene rings is 2. The third-order valence-corrected chi connectivity index (χ3v) is 4.47. The Labute approximate surface area is 180 Å². The van der Waals surface area contributed by atoms with Crippen LogP contribution in [0.3, 0.4) is 0 Å². The van der Waals surface area contributed by atoms with Crippen LogP contribution in [-0.4, -0.2) is 43.0 Å². The Kier molecular flexibility index (Phi) is 6.71. The number of aryl methyl sites for hydroxylation is 1. The molecule has 0 atom stereocenters. The zero-order valence-corrected chi connectivity index (χ0v) is 17.3. The summed E-state index contributed by atoms with van der Waals surface area (Å²) in [7, 11) is 1.47. The molecule has 8 nitrogen and oxygen atoms in total. The van der Waals surface area contributed by atoms with Crippen LogP contribution in [0.4, 0.5) is 10.5 Å². The fraction of sp³-hybridized carbons (Fsp3) is 0.174. The first-order chi connectivity index (χ1) is 14.9. The highest BCUT2D eigenvalue weighted by Crippen LogP contribution is 2.29. The SMILES string of the molecule is C=CCN1C(=O)N/C(=C/c2ccc(OCC(=O)Nc3ccc(C)cc3)c(OC)c2)C1=O. The molecule has 0 spiro atoms. The van der Waals surface area contributed by atoms with Gasteiger partial charge >= 0.3 is 6.03 Å². The van der Waals surface area contributed by atoms with Crippen LogP contribution in [0.15, 0.2) is 60.8 Å². The van der Waals surface area contributed by atoms with Gasteiger partial charge in [0.25, 0.3) is 11.8 Å². The largest absolute Gasteiger partial charge is 0.493 e. The maximum Gasteiger partial charge on any atom is 0.329 e. The number of nitrogens with one attached hydrogen (secondary N) is 2. The number of amides is 4. The maximum atomic E-state index is 12.3. The van der Waals surface area contributed by atoms with Crippen LogP contribution < -0.4 is 20.1 Å². The molecule has 0 unspecified atom stereocenters. The summed E-state index contributed by atoms with van der Waals surface area (Å²) >= 11 is 0. The van der Waals surface area contributed by atoms with Gasteiger partial charge < -0.3 is 20.1 Å². The number of hydrogen-bond acceptors (Lipinski definition) is 5. The zero-order valence-electron chi connectivity index (χ0n) is 17.3. The second kappa shape index (κ2) is 9.62. The number of carbonyl (C=O) groups is 3. The third-order valence-electron chi connectivity index (χ3n) is 4.47. The van der Waals surface area contributed by atoms with Gasteiger partial charge in [-0.2, -0.15) is 0 Å². The summed E-state index contributed by atoms with van der Waals surface area (Å²) in [6.45, 7) is 5.43. The normalized spacial score (nSPS) is 14.4. The number of imide groups is 1. The summed E-state index contributed by atoms with van der Waals surface area (Å²) in [5.74, 6) is 0.0200. The van der Waals surface area contributed by atoms with Gasteiger partial charge in [0.05, 0.1) is 7.11 Å². The smallest absolute Gasteiger partial charge is 0.329 e. The van der Waals surface area contributed by atoms with Crippen molar-refractivity contribution < 1.29 is 23.9 Å². The topological polar surface area (TPSA) is 97.0 Å². The van der Waals surface area contributed by atoms with Crippen molar-refractivity contribution in [1.82, 2.24) is 10.2 Å². The number of methoxy groups -OCH3 is 1. The van der Waals surface area contributed by atoms with Crippen molar-refractivity contribution >= 4 is 29.6 Å². The molecule has 1 fully saturated rings. The van der Waals surface area contributed by atoms with E-state index in [1.54, 1.807) is 24.3 Å². The van der Waals surface area contributed by atoms with Gasteiger partial charge in [-0.05, 0) is 42.8 Å². The van der Waals surface area contributed by atoms with Crippen molar-refractivity contribution in [3.63, 3.8) is 0 Å². The average molecular weight is 421 g/mol. The fourth-order valence-corrected chi connectivity index (χ4v) is 2.90. The van der Waals surface area contributed by atoms with Gasteiger partial charge in [0.15, 0.2) is 18.1 Å². The number of rotatable bonds is 8. The van der Waals surface area contributed by atoms with Crippen LogP contribution in [0.2, 0.25) is 0 Å². The van der Waals surface area contributed by atoms with Gasteiger partial charge in [-0.15, -0.1) is 6.58 Å². The molecule has 0 saturated carbocycles. The summed E-state index contributed by atoms with van der Waals surface area (Å²) in [4.78, 5) is 37.4. The van der Waals surface area contributed by atoms with E-state index in [1.807, 2.05) is 31.2 Å². The zero-order chi connectivity index (χ0) is 22.4. The van der Waals surface area contributed by atoms with E-state index in [1.165, 1.54) is 13.2 Å². The van der Waals surface area contributed by atoms with E-state index in [-0.39, 0.29) is 24.8 Å². The van der Waals surface area contributed by atoms with Crippen LogP contribution in [0.25, 0.3) is 6.08 Å². The molecule has 1 aliphatic heterocycles. The molecule has 8 heteroatoms. The van der Waals surface area contributed by atoms with Crippen molar-refractivity contribution in [2.24, 2.45) is 0 Å². The van der Waals surface area contributed by atoms with Crippen LogP contribution >= 0.6 is 0 Å². The molecule has 0 aliphatic carbocycles. The minimum absolute atomic E-state index is 0.128. The highest BCUT2D eigenvalue weighted by atomic mass is 16.5. The molecule has 4 amide bonds. The summed E-state index contributed by atoms with van der Waals surface area (Å²) in [5, 5.41) is 5.29. The lowest BCUT2D eigenvalue weighted by Gasteiger charge is -2.12. The first kappa shape index (κ1) is 21.6. The molecule has 2 aromatic carbocycles. The van der Waals surface area contributed by atoms with Crippen LogP contribution in [-0.2, 0) is 9.59 Å². The van der Waals surface area contributed by atoms with Crippen molar-refractivity contribution in [2.45, 2.75) is 6.92 Å². The van der Waals surface area contributed by atoms with E-state index in [4.69, 9.17) is 9.47 Å². The molecule has 0 bridgehead atoms. The molecule has 160 valence electrons. The fourth-order valence-electron chi connectivity index (χ4n) is 2.90. The van der Waals surface area contributed by atoms with E-state index in [0.29, 0.717) is 22.7 Å². The Balaban J connectivity index is 1.66. The predicted molar refractivity (Wildman–Crippen MR) is 117 cm³/mol. The Morgan fingerprint density at radius 3 is 2.58 bits per heavy atom. The Morgan fingerprint density at radius 1 is 1.16 bits per heavy atom. The second-order valence-corrected chi connectivity index (χ2v) is 6.81. The Bertz CT molecular complexity index is 1040. The van der Waals surface area contributed by atoms with E-state index < -0.39 is 11.9 Å². The highest BCUT2D eigenvalue weighted by Gasteiger charge is 2.32. The number of hydrogen-bond donors (Lipinski definition) is 2. The minimum atomic E-state index is -0.498. The summed E-state index contributed by atoms with van der Waals surface area (Å²) < 4.78 is 10.9. The van der Waals surface area contributed by atoms with Gasteiger partial charge in [-0.3, -0.25) is 14.5 Å². The van der Waals surface area contributed by atoms with E-state index in [9.17, 15) is 14.4 Å². The lowest BCUT2D eigenvalue weighted by molar-refractivity contribution is -0.122. The number of nitrogens with zero attached hydrogens (tertiary/aromatic N) is 1.